The average Bonchev–Trinajstić information content (AvgIpc) is 2.30. The number of rotatable bonds is 3. The number of aryl methyl sites for hydroxylation is 2. The van der Waals surface area contributed by atoms with Gasteiger partial charge in [-0.15, -0.1) is 0 Å². The van der Waals surface area contributed by atoms with Crippen molar-refractivity contribution in [2.45, 2.75) is 46.3 Å². The molecule has 0 radical (unpaired) electrons. The number of hydrogen-bond acceptors (Lipinski definition) is 3. The molecule has 20 heavy (non-hydrogen) atoms. The molecule has 0 aromatic heterocycles. The third-order valence-corrected chi connectivity index (χ3v) is 4.04. The van der Waals surface area contributed by atoms with E-state index in [9.17, 15) is 4.79 Å². The molecular formula is C15H23BrN2O2. The zero-order chi connectivity index (χ0) is 15.5. The third-order valence-electron chi connectivity index (χ3n) is 2.79. The number of hydrogen-bond donors (Lipinski definition) is 2. The number of benzene rings is 1. The lowest BCUT2D eigenvalue weighted by Crippen LogP contribution is -2.37. The first-order chi connectivity index (χ1) is 9.14. The molecule has 3 N–H and O–H groups in total. The average molecular weight is 343 g/mol. The van der Waals surface area contributed by atoms with Crippen LogP contribution < -0.4 is 11.1 Å². The normalized spacial score (nSPS) is 12.9. The number of amides is 1. The number of nitrogens with one attached hydrogen (secondary N) is 1. The van der Waals surface area contributed by atoms with Gasteiger partial charge in [-0.05, 0) is 51.3 Å². The zero-order valence-electron chi connectivity index (χ0n) is 12.7. The summed E-state index contributed by atoms with van der Waals surface area (Å²) in [4.78, 5) is 11.8. The Bertz CT molecular complexity index is 472. The number of nitrogens with two attached hydrogens (primary N) is 1. The Kier molecular flexibility index (Phi) is 5.59. The topological polar surface area (TPSA) is 64.3 Å². The van der Waals surface area contributed by atoms with Crippen LogP contribution in [-0.2, 0) is 4.74 Å². The van der Waals surface area contributed by atoms with Crippen molar-refractivity contribution in [1.29, 1.82) is 0 Å². The number of carbonyl (C=O) groups is 1. The SMILES string of the molecule is Cc1cc(C(CN)NC(=O)OC(C)(C)C)cc(C)c1Br. The molecule has 0 bridgehead atoms. The number of alkyl carbamates (subject to hydrolysis) is 1. The highest BCUT2D eigenvalue weighted by molar-refractivity contribution is 9.10. The molecule has 112 valence electrons. The largest absolute Gasteiger partial charge is 0.444 e. The molecule has 0 aliphatic heterocycles. The lowest BCUT2D eigenvalue weighted by Gasteiger charge is -2.23. The Balaban J connectivity index is 2.89. The van der Waals surface area contributed by atoms with E-state index in [4.69, 9.17) is 10.5 Å². The van der Waals surface area contributed by atoms with Gasteiger partial charge in [-0.25, -0.2) is 4.79 Å². The third kappa shape index (κ3) is 4.80. The Morgan fingerprint density at radius 1 is 1.35 bits per heavy atom. The van der Waals surface area contributed by atoms with E-state index >= 15 is 0 Å². The van der Waals surface area contributed by atoms with Crippen molar-refractivity contribution in [3.63, 3.8) is 0 Å². The van der Waals surface area contributed by atoms with E-state index in [2.05, 4.69) is 21.2 Å². The van der Waals surface area contributed by atoms with Crippen molar-refractivity contribution >= 4 is 22.0 Å². The van der Waals surface area contributed by atoms with Gasteiger partial charge in [0.25, 0.3) is 0 Å². The molecule has 4 nitrogen and oxygen atoms in total. The molecule has 0 heterocycles. The molecule has 1 amide bonds. The summed E-state index contributed by atoms with van der Waals surface area (Å²) in [6.07, 6.45) is -0.453. The molecule has 1 aromatic carbocycles. The minimum atomic E-state index is -0.519. The zero-order valence-corrected chi connectivity index (χ0v) is 14.3. The van der Waals surface area contributed by atoms with E-state index in [1.807, 2.05) is 46.8 Å². The fraction of sp³-hybridized carbons (Fsp3) is 0.533. The number of halogens is 1. The van der Waals surface area contributed by atoms with Crippen molar-refractivity contribution in [2.24, 2.45) is 5.73 Å². The van der Waals surface area contributed by atoms with Crippen LogP contribution in [0.4, 0.5) is 4.79 Å². The fourth-order valence-electron chi connectivity index (χ4n) is 1.91. The van der Waals surface area contributed by atoms with Crippen LogP contribution in [0.3, 0.4) is 0 Å². The predicted octanol–water partition coefficient (Wildman–Crippen LogP) is 3.59. The molecule has 5 heteroatoms. The van der Waals surface area contributed by atoms with E-state index in [0.717, 1.165) is 21.2 Å². The van der Waals surface area contributed by atoms with Gasteiger partial charge in [-0.1, -0.05) is 28.1 Å². The van der Waals surface area contributed by atoms with Gasteiger partial charge in [-0.3, -0.25) is 0 Å². The lowest BCUT2D eigenvalue weighted by atomic mass is 10.0. The molecule has 0 saturated heterocycles. The van der Waals surface area contributed by atoms with Crippen molar-refractivity contribution in [3.05, 3.63) is 33.3 Å². The predicted molar refractivity (Wildman–Crippen MR) is 84.8 cm³/mol. The van der Waals surface area contributed by atoms with Crippen LogP contribution in [-0.4, -0.2) is 18.2 Å². The van der Waals surface area contributed by atoms with Crippen molar-refractivity contribution in [2.75, 3.05) is 6.54 Å². The highest BCUT2D eigenvalue weighted by Crippen LogP contribution is 2.25. The summed E-state index contributed by atoms with van der Waals surface area (Å²) in [5.41, 5.74) is 8.47. The summed E-state index contributed by atoms with van der Waals surface area (Å²) < 4.78 is 6.34. The monoisotopic (exact) mass is 342 g/mol. The Hall–Kier alpha value is -1.07. The summed E-state index contributed by atoms with van der Waals surface area (Å²) in [5, 5.41) is 2.81. The van der Waals surface area contributed by atoms with Crippen LogP contribution in [0, 0.1) is 13.8 Å². The first-order valence-electron chi connectivity index (χ1n) is 6.60. The van der Waals surface area contributed by atoms with Crippen LogP contribution in [0.5, 0.6) is 0 Å². The van der Waals surface area contributed by atoms with E-state index in [1.165, 1.54) is 0 Å². The van der Waals surface area contributed by atoms with E-state index in [1.54, 1.807) is 0 Å². The van der Waals surface area contributed by atoms with Gasteiger partial charge in [0.2, 0.25) is 0 Å². The van der Waals surface area contributed by atoms with Gasteiger partial charge >= 0.3 is 6.09 Å². The second kappa shape index (κ2) is 6.59. The van der Waals surface area contributed by atoms with Gasteiger partial charge in [0.1, 0.15) is 5.60 Å². The molecule has 1 aromatic rings. The van der Waals surface area contributed by atoms with Gasteiger partial charge in [0.15, 0.2) is 0 Å². The number of carbonyl (C=O) groups excluding carboxylic acids is 1. The van der Waals surface area contributed by atoms with Crippen molar-refractivity contribution in [3.8, 4) is 0 Å². The first-order valence-corrected chi connectivity index (χ1v) is 7.39. The van der Waals surface area contributed by atoms with Gasteiger partial charge in [0, 0.05) is 11.0 Å². The summed E-state index contributed by atoms with van der Waals surface area (Å²) in [5.74, 6) is 0. The maximum absolute atomic E-state index is 11.8. The second-order valence-electron chi connectivity index (χ2n) is 5.90. The Labute approximate surface area is 129 Å². The smallest absolute Gasteiger partial charge is 0.408 e. The van der Waals surface area contributed by atoms with Gasteiger partial charge in [-0.2, -0.15) is 0 Å². The molecule has 0 spiro atoms. The Morgan fingerprint density at radius 3 is 2.25 bits per heavy atom. The van der Waals surface area contributed by atoms with Crippen LogP contribution >= 0.6 is 15.9 Å². The molecule has 1 unspecified atom stereocenters. The molecule has 0 aliphatic rings. The molecule has 0 saturated carbocycles. The fourth-order valence-corrected chi connectivity index (χ4v) is 2.14. The van der Waals surface area contributed by atoms with Gasteiger partial charge in [0.05, 0.1) is 6.04 Å². The minimum Gasteiger partial charge on any atom is -0.444 e. The maximum Gasteiger partial charge on any atom is 0.408 e. The summed E-state index contributed by atoms with van der Waals surface area (Å²) >= 11 is 3.53. The maximum atomic E-state index is 11.8. The first kappa shape index (κ1) is 17.0. The summed E-state index contributed by atoms with van der Waals surface area (Å²) in [6.45, 7) is 9.84. The van der Waals surface area contributed by atoms with Crippen LogP contribution in [0.2, 0.25) is 0 Å². The van der Waals surface area contributed by atoms with Crippen molar-refractivity contribution in [1.82, 2.24) is 5.32 Å². The van der Waals surface area contributed by atoms with E-state index in [0.29, 0.717) is 6.54 Å². The number of ether oxygens (including phenoxy) is 1. The van der Waals surface area contributed by atoms with Gasteiger partial charge < -0.3 is 15.8 Å². The van der Waals surface area contributed by atoms with Crippen LogP contribution in [0.1, 0.15) is 43.5 Å². The quantitative estimate of drug-likeness (QED) is 0.882. The second-order valence-corrected chi connectivity index (χ2v) is 6.70. The highest BCUT2D eigenvalue weighted by atomic mass is 79.9. The van der Waals surface area contributed by atoms with Crippen LogP contribution in [0.25, 0.3) is 0 Å². The molecule has 0 fully saturated rings. The summed E-state index contributed by atoms with van der Waals surface area (Å²) in [7, 11) is 0. The van der Waals surface area contributed by atoms with Crippen LogP contribution in [0.15, 0.2) is 16.6 Å². The molecule has 0 aliphatic carbocycles. The molecule has 1 atom stereocenters. The van der Waals surface area contributed by atoms with E-state index < -0.39 is 11.7 Å². The highest BCUT2D eigenvalue weighted by Gasteiger charge is 2.20. The van der Waals surface area contributed by atoms with Crippen molar-refractivity contribution < 1.29 is 9.53 Å². The molecular weight excluding hydrogens is 320 g/mol. The van der Waals surface area contributed by atoms with E-state index in [-0.39, 0.29) is 6.04 Å². The minimum absolute atomic E-state index is 0.254. The summed E-state index contributed by atoms with van der Waals surface area (Å²) in [6, 6.07) is 3.79. The Morgan fingerprint density at radius 2 is 1.85 bits per heavy atom. The lowest BCUT2D eigenvalue weighted by molar-refractivity contribution is 0.0505. The molecule has 1 rings (SSSR count). The standard InChI is InChI=1S/C15H23BrN2O2/c1-9-6-11(7-10(2)13(9)16)12(8-17)18-14(19)20-15(3,4)5/h6-7,12H,8,17H2,1-5H3,(H,18,19).